The van der Waals surface area contributed by atoms with Crippen molar-refractivity contribution in [2.75, 3.05) is 0 Å². The fraction of sp³-hybridized carbons (Fsp3) is 0.786. The summed E-state index contributed by atoms with van der Waals surface area (Å²) in [6.07, 6.45) is 1.94. The van der Waals surface area contributed by atoms with E-state index in [4.69, 9.17) is 4.74 Å². The number of aliphatic hydroxyl groups is 1. The van der Waals surface area contributed by atoms with Gasteiger partial charge in [0.05, 0.1) is 17.8 Å². The molecule has 0 aromatic carbocycles. The van der Waals surface area contributed by atoms with Crippen molar-refractivity contribution < 1.29 is 14.6 Å². The molecule has 1 N–H and O–H groups in total. The van der Waals surface area contributed by atoms with Crippen LogP contribution < -0.4 is 0 Å². The lowest BCUT2D eigenvalue weighted by Gasteiger charge is -2.45. The molecule has 0 saturated heterocycles. The van der Waals surface area contributed by atoms with Gasteiger partial charge in [-0.3, -0.25) is 0 Å². The molecule has 3 nitrogen and oxygen atoms in total. The van der Waals surface area contributed by atoms with Crippen LogP contribution in [0.5, 0.6) is 0 Å². The van der Waals surface area contributed by atoms with Crippen LogP contribution in [0.3, 0.4) is 0 Å². The van der Waals surface area contributed by atoms with Gasteiger partial charge in [-0.15, -0.1) is 0 Å². The zero-order valence-electron chi connectivity index (χ0n) is 11.3. The molecule has 1 saturated carbocycles. The molecule has 0 heterocycles. The number of aliphatic hydroxyl groups excluding tert-OH is 1. The van der Waals surface area contributed by atoms with E-state index in [9.17, 15) is 9.90 Å². The molecule has 0 amide bonds. The van der Waals surface area contributed by atoms with Crippen LogP contribution in [0.1, 0.15) is 47.0 Å². The molecule has 1 rings (SSSR count). The van der Waals surface area contributed by atoms with E-state index >= 15 is 0 Å². The normalized spacial score (nSPS) is 34.8. The second-order valence-electron chi connectivity index (χ2n) is 6.33. The van der Waals surface area contributed by atoms with Gasteiger partial charge in [-0.1, -0.05) is 13.5 Å². The molecule has 0 aliphatic heterocycles. The lowest BCUT2D eigenvalue weighted by Crippen LogP contribution is -2.46. The zero-order valence-corrected chi connectivity index (χ0v) is 11.3. The molecule has 3 atom stereocenters. The molecule has 17 heavy (non-hydrogen) atoms. The van der Waals surface area contributed by atoms with Gasteiger partial charge in [0.2, 0.25) is 0 Å². The monoisotopic (exact) mass is 240 g/mol. The van der Waals surface area contributed by atoms with Crippen molar-refractivity contribution >= 4 is 6.29 Å². The Kier molecular flexibility index (Phi) is 4.15. The van der Waals surface area contributed by atoms with Crippen LogP contribution in [0.25, 0.3) is 0 Å². The van der Waals surface area contributed by atoms with Crippen LogP contribution in [0.15, 0.2) is 12.2 Å². The van der Waals surface area contributed by atoms with Crippen LogP contribution in [0, 0.1) is 5.41 Å². The Labute approximate surface area is 104 Å². The second-order valence-corrected chi connectivity index (χ2v) is 6.33. The Hall–Kier alpha value is -0.670. The maximum Gasteiger partial charge on any atom is 0.120 e. The van der Waals surface area contributed by atoms with Crippen LogP contribution >= 0.6 is 0 Å². The van der Waals surface area contributed by atoms with E-state index in [2.05, 4.69) is 6.58 Å². The largest absolute Gasteiger partial charge is 0.389 e. The summed E-state index contributed by atoms with van der Waals surface area (Å²) in [5, 5.41) is 9.88. The van der Waals surface area contributed by atoms with Gasteiger partial charge < -0.3 is 14.6 Å². The van der Waals surface area contributed by atoms with Crippen LogP contribution in [0.4, 0.5) is 0 Å². The minimum atomic E-state index is -0.512. The standard InChI is InChI=1S/C14H24O3/c1-10-9-14(5,6-7-15)12(8-11(10)16)17-13(2,3)4/h7,11-12,16H,1,6,8-9H2,2-5H3/t11-,12-,14-/m0/s1. The first-order chi connectivity index (χ1) is 7.68. The van der Waals surface area contributed by atoms with Crippen molar-refractivity contribution in [3.8, 4) is 0 Å². The van der Waals surface area contributed by atoms with Crippen LogP contribution in [-0.2, 0) is 9.53 Å². The summed E-state index contributed by atoms with van der Waals surface area (Å²) in [6.45, 7) is 11.9. The topological polar surface area (TPSA) is 46.5 Å². The molecule has 1 aliphatic rings. The number of carbonyl (C=O) groups excluding carboxylic acids is 1. The van der Waals surface area contributed by atoms with Crippen LogP contribution in [0.2, 0.25) is 0 Å². The second kappa shape index (κ2) is 4.91. The van der Waals surface area contributed by atoms with E-state index in [1.165, 1.54) is 0 Å². The van der Waals surface area contributed by atoms with Gasteiger partial charge in [0.1, 0.15) is 6.29 Å². The van der Waals surface area contributed by atoms with Gasteiger partial charge in [0.25, 0.3) is 0 Å². The molecule has 1 aliphatic carbocycles. The third-order valence-corrected chi connectivity index (χ3v) is 3.36. The van der Waals surface area contributed by atoms with Crippen molar-refractivity contribution in [1.29, 1.82) is 0 Å². The number of aldehydes is 1. The molecule has 0 aromatic rings. The van der Waals surface area contributed by atoms with Gasteiger partial charge >= 0.3 is 0 Å². The van der Waals surface area contributed by atoms with Gasteiger partial charge in [0.15, 0.2) is 0 Å². The Morgan fingerprint density at radius 3 is 2.65 bits per heavy atom. The van der Waals surface area contributed by atoms with Crippen molar-refractivity contribution in [1.82, 2.24) is 0 Å². The van der Waals surface area contributed by atoms with Crippen molar-refractivity contribution in [3.05, 3.63) is 12.2 Å². The average Bonchev–Trinajstić information content (AvgIpc) is 2.12. The first-order valence-electron chi connectivity index (χ1n) is 6.15. The van der Waals surface area contributed by atoms with E-state index < -0.39 is 6.10 Å². The summed E-state index contributed by atoms with van der Waals surface area (Å²) in [4.78, 5) is 10.8. The molecule has 3 heteroatoms. The zero-order chi connectivity index (χ0) is 13.3. The minimum absolute atomic E-state index is 0.104. The Balaban J connectivity index is 2.88. The predicted molar refractivity (Wildman–Crippen MR) is 67.8 cm³/mol. The Bertz CT molecular complexity index is 303. The maximum atomic E-state index is 10.8. The average molecular weight is 240 g/mol. The molecule has 0 radical (unpaired) electrons. The summed E-state index contributed by atoms with van der Waals surface area (Å²) in [5.74, 6) is 0. The van der Waals surface area contributed by atoms with Gasteiger partial charge in [-0.25, -0.2) is 0 Å². The Morgan fingerprint density at radius 1 is 1.59 bits per heavy atom. The quantitative estimate of drug-likeness (QED) is 0.609. The lowest BCUT2D eigenvalue weighted by atomic mass is 9.68. The minimum Gasteiger partial charge on any atom is -0.389 e. The highest BCUT2D eigenvalue weighted by Crippen LogP contribution is 2.43. The summed E-state index contributed by atoms with van der Waals surface area (Å²) >= 11 is 0. The molecule has 1 fully saturated rings. The van der Waals surface area contributed by atoms with Gasteiger partial charge in [-0.2, -0.15) is 0 Å². The van der Waals surface area contributed by atoms with E-state index in [-0.39, 0.29) is 17.1 Å². The predicted octanol–water partition coefficient (Wildman–Crippen LogP) is 2.48. The fourth-order valence-electron chi connectivity index (χ4n) is 2.42. The molecular weight excluding hydrogens is 216 g/mol. The third kappa shape index (κ3) is 3.65. The van der Waals surface area contributed by atoms with Crippen molar-refractivity contribution in [2.24, 2.45) is 5.41 Å². The number of hydrogen-bond donors (Lipinski definition) is 1. The highest BCUT2D eigenvalue weighted by Gasteiger charge is 2.43. The lowest BCUT2D eigenvalue weighted by molar-refractivity contribution is -0.143. The first kappa shape index (κ1) is 14.4. The number of ether oxygens (including phenoxy) is 1. The van der Waals surface area contributed by atoms with E-state index in [0.29, 0.717) is 19.3 Å². The van der Waals surface area contributed by atoms with E-state index in [0.717, 1.165) is 11.9 Å². The highest BCUT2D eigenvalue weighted by atomic mass is 16.5. The highest BCUT2D eigenvalue weighted by molar-refractivity contribution is 5.51. The molecular formula is C14H24O3. The third-order valence-electron chi connectivity index (χ3n) is 3.36. The SMILES string of the molecule is C=C1C[C@](C)(CC=O)[C@@H](OC(C)(C)C)C[C@@H]1O. The summed E-state index contributed by atoms with van der Waals surface area (Å²) in [6, 6.07) is 0. The van der Waals surface area contributed by atoms with E-state index in [1.54, 1.807) is 0 Å². The van der Waals surface area contributed by atoms with E-state index in [1.807, 2.05) is 27.7 Å². The number of hydrogen-bond acceptors (Lipinski definition) is 3. The first-order valence-corrected chi connectivity index (χ1v) is 6.15. The molecule has 0 aromatic heterocycles. The Morgan fingerprint density at radius 2 is 2.18 bits per heavy atom. The van der Waals surface area contributed by atoms with Crippen molar-refractivity contribution in [3.63, 3.8) is 0 Å². The summed E-state index contributed by atoms with van der Waals surface area (Å²) < 4.78 is 6.01. The maximum absolute atomic E-state index is 10.8. The van der Waals surface area contributed by atoms with Gasteiger partial charge in [-0.05, 0) is 32.8 Å². The van der Waals surface area contributed by atoms with Crippen LogP contribution in [-0.4, -0.2) is 29.2 Å². The summed E-state index contributed by atoms with van der Waals surface area (Å²) in [5.41, 5.74) is 0.293. The van der Waals surface area contributed by atoms with Gasteiger partial charge in [0, 0.05) is 18.3 Å². The smallest absolute Gasteiger partial charge is 0.120 e. The fourth-order valence-corrected chi connectivity index (χ4v) is 2.42. The summed E-state index contributed by atoms with van der Waals surface area (Å²) in [7, 11) is 0. The molecule has 98 valence electrons. The van der Waals surface area contributed by atoms with Crippen molar-refractivity contribution in [2.45, 2.75) is 64.8 Å². The number of rotatable bonds is 3. The molecule has 0 spiro atoms. The molecule has 0 bridgehead atoms. The molecule has 0 unspecified atom stereocenters. The number of carbonyl (C=O) groups is 1.